The molecule has 1 unspecified atom stereocenters. The summed E-state index contributed by atoms with van der Waals surface area (Å²) in [5, 5.41) is 33.4. The zero-order valence-electron chi connectivity index (χ0n) is 38.3. The summed E-state index contributed by atoms with van der Waals surface area (Å²) in [5.41, 5.74) is 3.00. The highest BCUT2D eigenvalue weighted by Gasteiger charge is 2.49. The molecule has 0 aliphatic carbocycles. The van der Waals surface area contributed by atoms with Crippen LogP contribution in [0.1, 0.15) is 113 Å². The summed E-state index contributed by atoms with van der Waals surface area (Å²) in [5.74, 6) is 1.09. The van der Waals surface area contributed by atoms with Crippen molar-refractivity contribution in [1.29, 1.82) is 0 Å². The Balaban J connectivity index is 0.000000288. The van der Waals surface area contributed by atoms with Gasteiger partial charge in [0.05, 0.1) is 55.9 Å². The fourth-order valence-electron chi connectivity index (χ4n) is 9.13. The molecular formula is C51H70O11S2. The first-order valence-corrected chi connectivity index (χ1v) is 25.4. The fraction of sp³-hybridized carbons (Fsp3) is 0.529. The number of rotatable bonds is 20. The Morgan fingerprint density at radius 2 is 1.17 bits per heavy atom. The Bertz CT molecular complexity index is 2070. The summed E-state index contributed by atoms with van der Waals surface area (Å²) in [6, 6.07) is 30.9. The predicted octanol–water partition coefficient (Wildman–Crippen LogP) is 10.3. The van der Waals surface area contributed by atoms with E-state index in [4.69, 9.17) is 28.9 Å². The van der Waals surface area contributed by atoms with E-state index in [2.05, 4.69) is 32.9 Å². The molecule has 6 atom stereocenters. The molecule has 2 aliphatic rings. The van der Waals surface area contributed by atoms with Gasteiger partial charge in [-0.25, -0.2) is 8.42 Å². The van der Waals surface area contributed by atoms with E-state index in [1.54, 1.807) is 43.1 Å². The quantitative estimate of drug-likeness (QED) is 0.0720. The number of aliphatic hydroxyl groups is 2. The van der Waals surface area contributed by atoms with E-state index in [0.717, 1.165) is 65.9 Å². The highest BCUT2D eigenvalue weighted by molar-refractivity contribution is 7.99. The maximum absolute atomic E-state index is 13.8. The number of methoxy groups -OCH3 is 1. The van der Waals surface area contributed by atoms with E-state index in [0.29, 0.717) is 62.9 Å². The molecule has 0 fully saturated rings. The zero-order valence-corrected chi connectivity index (χ0v) is 39.9. The Morgan fingerprint density at radius 1 is 0.656 bits per heavy atom. The molecule has 3 N–H and O–H groups in total. The monoisotopic (exact) mass is 922 g/mol. The first kappa shape index (κ1) is 52.8. The molecule has 0 amide bonds. The van der Waals surface area contributed by atoms with E-state index < -0.39 is 33.4 Å². The summed E-state index contributed by atoms with van der Waals surface area (Å²) < 4.78 is 49.3. The molecule has 0 aromatic heterocycles. The summed E-state index contributed by atoms with van der Waals surface area (Å²) in [7, 11) is -2.05. The number of sulfone groups is 1. The van der Waals surface area contributed by atoms with Gasteiger partial charge in [-0.2, -0.15) is 0 Å². The third kappa shape index (κ3) is 13.4. The molecule has 0 radical (unpaired) electrons. The number of aliphatic hydroxyl groups excluding tert-OH is 2. The highest BCUT2D eigenvalue weighted by Crippen LogP contribution is 2.52. The Morgan fingerprint density at radius 3 is 1.73 bits per heavy atom. The molecule has 0 spiro atoms. The molecule has 2 aliphatic heterocycles. The maximum Gasteiger partial charge on any atom is 0.179 e. The average molecular weight is 923 g/mol. The first-order valence-electron chi connectivity index (χ1n) is 22.7. The van der Waals surface area contributed by atoms with Crippen LogP contribution in [0.5, 0.6) is 11.5 Å². The Labute approximate surface area is 385 Å². The van der Waals surface area contributed by atoms with Gasteiger partial charge in [-0.15, -0.1) is 11.8 Å². The normalized spacial score (nSPS) is 23.4. The second-order valence-corrected chi connectivity index (χ2v) is 19.8. The minimum absolute atomic E-state index is 0.0522. The molecule has 6 rings (SSSR count). The SMILES string of the molecule is CCCC[C@]1(CC)CS(=O)(=O)c2cc(OCCOCCOCCOC)ccc2[C@@H](c2ccccc2)C1O.CCCC[C@]1(CC)CSc2cc(O)ccc2[C@@H](c2ccccc2)[C@H]1O.O=O. The van der Waals surface area contributed by atoms with Crippen LogP contribution >= 0.6 is 11.8 Å². The first-order chi connectivity index (χ1) is 31.0. The van der Waals surface area contributed by atoms with Crippen molar-refractivity contribution in [2.75, 3.05) is 58.3 Å². The minimum atomic E-state index is -3.67. The summed E-state index contributed by atoms with van der Waals surface area (Å²) in [6.07, 6.45) is 6.08. The molecule has 0 saturated heterocycles. The molecule has 2 heterocycles. The van der Waals surface area contributed by atoms with Crippen LogP contribution < -0.4 is 4.74 Å². The summed E-state index contributed by atoms with van der Waals surface area (Å²) in [4.78, 5) is 15.3. The van der Waals surface area contributed by atoms with Crippen molar-refractivity contribution in [3.8, 4) is 11.5 Å². The number of phenolic OH excluding ortho intramolecular Hbond substituents is 1. The van der Waals surface area contributed by atoms with Crippen LogP contribution in [0, 0.1) is 20.8 Å². The number of hydrogen-bond donors (Lipinski definition) is 3. The van der Waals surface area contributed by atoms with Crippen molar-refractivity contribution < 1.29 is 42.7 Å². The van der Waals surface area contributed by atoms with Crippen LogP contribution in [0.15, 0.2) is 107 Å². The number of aromatic hydroxyl groups is 1. The molecule has 0 saturated carbocycles. The molecular weight excluding hydrogens is 853 g/mol. The number of hydrogen-bond acceptors (Lipinski definition) is 12. The fourth-order valence-corrected chi connectivity index (χ4v) is 12.9. The van der Waals surface area contributed by atoms with Crippen LogP contribution in [0.4, 0.5) is 0 Å². The van der Waals surface area contributed by atoms with E-state index in [9.17, 15) is 23.7 Å². The van der Waals surface area contributed by atoms with Crippen molar-refractivity contribution in [3.63, 3.8) is 0 Å². The maximum atomic E-state index is 13.8. The lowest BCUT2D eigenvalue weighted by Gasteiger charge is -2.39. The second-order valence-electron chi connectivity index (χ2n) is 16.8. The smallest absolute Gasteiger partial charge is 0.179 e. The number of phenols is 1. The lowest BCUT2D eigenvalue weighted by molar-refractivity contribution is 0.0172. The lowest BCUT2D eigenvalue weighted by Crippen LogP contribution is -2.42. The van der Waals surface area contributed by atoms with Crippen molar-refractivity contribution in [3.05, 3.63) is 129 Å². The van der Waals surface area contributed by atoms with Crippen LogP contribution in [0.25, 0.3) is 0 Å². The average Bonchev–Trinajstić information content (AvgIpc) is 3.48. The number of benzene rings is 4. The van der Waals surface area contributed by atoms with Gasteiger partial charge >= 0.3 is 0 Å². The third-order valence-electron chi connectivity index (χ3n) is 12.9. The molecule has 11 nitrogen and oxygen atoms in total. The number of ether oxygens (including phenoxy) is 4. The topological polar surface area (TPSA) is 166 Å². The van der Waals surface area contributed by atoms with Gasteiger partial charge in [0.2, 0.25) is 0 Å². The summed E-state index contributed by atoms with van der Waals surface area (Å²) >= 11 is 1.79. The largest absolute Gasteiger partial charge is 0.508 e. The number of thioether (sulfide) groups is 1. The van der Waals surface area contributed by atoms with E-state index >= 15 is 0 Å². The molecule has 13 heteroatoms. The molecule has 352 valence electrons. The van der Waals surface area contributed by atoms with Crippen molar-refractivity contribution in [2.45, 2.75) is 113 Å². The van der Waals surface area contributed by atoms with Gasteiger partial charge < -0.3 is 34.3 Å². The Hall–Kier alpha value is -3.82. The molecule has 0 bridgehead atoms. The third-order valence-corrected chi connectivity index (χ3v) is 16.3. The van der Waals surface area contributed by atoms with Gasteiger partial charge in [0.1, 0.15) is 18.1 Å². The minimum Gasteiger partial charge on any atom is -0.508 e. The van der Waals surface area contributed by atoms with Crippen molar-refractivity contribution in [2.24, 2.45) is 10.8 Å². The Kier molecular flexibility index (Phi) is 21.7. The summed E-state index contributed by atoms with van der Waals surface area (Å²) in [6.45, 7) is 11.1. The predicted molar refractivity (Wildman–Crippen MR) is 256 cm³/mol. The van der Waals surface area contributed by atoms with Gasteiger partial charge in [0, 0.05) is 50.4 Å². The van der Waals surface area contributed by atoms with Gasteiger partial charge in [-0.3, -0.25) is 0 Å². The van der Waals surface area contributed by atoms with Crippen LogP contribution in [-0.2, 0) is 24.0 Å². The standard InChI is InChI=1S/C29H42O7S.C22H28O2S.O2/c1-4-6-14-29(5-2)22-37(31,32)26-21-24(36-20-19-35-18-17-34-16-15-33-3)12-13-25(26)27(28(29)30)23-10-8-7-9-11-23;1-3-5-13-22(4-2)15-25-19-14-17(23)11-12-18(19)20(21(22)24)16-9-7-6-8-10-16;1-2/h7-13,21,27-28,30H,4-6,14-20,22H2,1-3H3;6-12,14,20-21,23-24H,3-5,13,15H2,1-2H3;/t27-,28?,29-;20-,21-,22-;/m11./s1. The molecule has 4 aromatic rings. The lowest BCUT2D eigenvalue weighted by atomic mass is 9.69. The van der Waals surface area contributed by atoms with Crippen molar-refractivity contribution in [1.82, 2.24) is 0 Å². The van der Waals surface area contributed by atoms with Crippen molar-refractivity contribution >= 4 is 21.6 Å². The van der Waals surface area contributed by atoms with E-state index in [1.807, 2.05) is 67.6 Å². The zero-order chi connectivity index (χ0) is 46.6. The second kappa shape index (κ2) is 26.4. The van der Waals surface area contributed by atoms with Crippen LogP contribution in [0.2, 0.25) is 0 Å². The molecule has 64 heavy (non-hydrogen) atoms. The van der Waals surface area contributed by atoms with Gasteiger partial charge in [-0.1, -0.05) is 126 Å². The number of unbranched alkanes of at least 4 members (excludes halogenated alkanes) is 2. The highest BCUT2D eigenvalue weighted by atomic mass is 32.2. The van der Waals surface area contributed by atoms with Crippen LogP contribution in [-0.4, -0.2) is 94.2 Å². The van der Waals surface area contributed by atoms with Crippen LogP contribution in [0.3, 0.4) is 0 Å². The number of fused-ring (bicyclic) bond motifs is 2. The van der Waals surface area contributed by atoms with Gasteiger partial charge in [0.25, 0.3) is 0 Å². The van der Waals surface area contributed by atoms with E-state index in [1.165, 1.54) is 0 Å². The van der Waals surface area contributed by atoms with Gasteiger partial charge in [-0.05, 0) is 72.2 Å². The van der Waals surface area contributed by atoms with E-state index in [-0.39, 0.29) is 28.6 Å². The molecule has 4 aromatic carbocycles. The van der Waals surface area contributed by atoms with Gasteiger partial charge in [0.15, 0.2) is 9.84 Å².